The molecule has 0 fully saturated rings. The van der Waals surface area contributed by atoms with Gasteiger partial charge in [0.15, 0.2) is 23.1 Å². The van der Waals surface area contributed by atoms with Crippen LogP contribution in [0.25, 0.3) is 117 Å². The lowest BCUT2D eigenvalue weighted by molar-refractivity contribution is 0.669. The molecule has 6 nitrogen and oxygen atoms in total. The highest BCUT2D eigenvalue weighted by Gasteiger charge is 2.23. The highest BCUT2D eigenvalue weighted by atomic mass is 16.3. The highest BCUT2D eigenvalue weighted by Crippen LogP contribution is 2.42. The van der Waals surface area contributed by atoms with E-state index >= 15 is 0 Å². The topological polar surface area (TPSA) is 69.9 Å². The van der Waals surface area contributed by atoms with E-state index in [9.17, 15) is 0 Å². The van der Waals surface area contributed by atoms with E-state index in [4.69, 9.17) is 23.8 Å². The average molecular weight is 731 g/mol. The van der Waals surface area contributed by atoms with Crippen molar-refractivity contribution in [2.24, 2.45) is 0 Å². The van der Waals surface area contributed by atoms with Crippen LogP contribution in [0, 0.1) is 0 Å². The summed E-state index contributed by atoms with van der Waals surface area (Å²) < 4.78 is 15.5. The van der Waals surface area contributed by atoms with Crippen molar-refractivity contribution in [3.63, 3.8) is 0 Å². The second-order valence-corrected chi connectivity index (χ2v) is 14.3. The lowest BCUT2D eigenvalue weighted by Crippen LogP contribution is -2.03. The zero-order valence-electron chi connectivity index (χ0n) is 30.4. The molecule has 0 saturated carbocycles. The molecular weight excluding hydrogens is 701 g/mol. The number of benzene rings is 8. The van der Waals surface area contributed by atoms with Gasteiger partial charge in [-0.25, -0.2) is 15.0 Å². The largest absolute Gasteiger partial charge is 0.456 e. The Morgan fingerprint density at radius 2 is 1.00 bits per heavy atom. The molecule has 0 radical (unpaired) electrons. The summed E-state index contributed by atoms with van der Waals surface area (Å²) in [5.74, 6) is 1.71. The Kier molecular flexibility index (Phi) is 6.83. The zero-order chi connectivity index (χ0) is 37.5. The standard InChI is InChI=1S/C51H30N4O2/c1-3-14-31(15-4-1)34-21-13-25-44-46(34)40-27-26-33(30-45(40)56-44)50-52-49(32-16-5-2-6-17-32)53-51(54-50)39-20-8-11-23-42(39)55-41-22-10-7-18-35(41)37-28-29-38-36-19-9-12-24-43(36)57-48(38)47(37)55/h1-30H. The van der Waals surface area contributed by atoms with Crippen LogP contribution in [0.15, 0.2) is 191 Å². The summed E-state index contributed by atoms with van der Waals surface area (Å²) >= 11 is 0. The Bertz CT molecular complexity index is 3530. The first-order chi connectivity index (χ1) is 28.3. The summed E-state index contributed by atoms with van der Waals surface area (Å²) in [7, 11) is 0. The molecule has 0 N–H and O–H groups in total. The molecular formula is C51H30N4O2. The molecule has 0 unspecified atom stereocenters. The van der Waals surface area contributed by atoms with Gasteiger partial charge in [0.2, 0.25) is 0 Å². The lowest BCUT2D eigenvalue weighted by atomic mass is 9.99. The zero-order valence-corrected chi connectivity index (χ0v) is 30.4. The molecule has 0 saturated heterocycles. The van der Waals surface area contributed by atoms with Crippen LogP contribution >= 0.6 is 0 Å². The minimum atomic E-state index is 0.557. The van der Waals surface area contributed by atoms with E-state index in [-0.39, 0.29) is 0 Å². The Labute approximate surface area is 325 Å². The van der Waals surface area contributed by atoms with Crippen molar-refractivity contribution in [1.29, 1.82) is 0 Å². The molecule has 4 aromatic heterocycles. The van der Waals surface area contributed by atoms with Crippen LogP contribution < -0.4 is 0 Å². The fraction of sp³-hybridized carbons (Fsp3) is 0. The number of hydrogen-bond donors (Lipinski definition) is 0. The van der Waals surface area contributed by atoms with Crippen LogP contribution in [0.4, 0.5) is 0 Å². The first-order valence-corrected chi connectivity index (χ1v) is 19.0. The first kappa shape index (κ1) is 31.5. The third kappa shape index (κ3) is 4.87. The van der Waals surface area contributed by atoms with E-state index in [1.807, 2.05) is 66.7 Å². The summed E-state index contributed by atoms with van der Waals surface area (Å²) in [6.07, 6.45) is 0. The van der Waals surface area contributed by atoms with Crippen LogP contribution in [-0.2, 0) is 0 Å². The summed E-state index contributed by atoms with van der Waals surface area (Å²) in [6, 6.07) is 62.5. The molecule has 0 amide bonds. The van der Waals surface area contributed by atoms with Crippen molar-refractivity contribution in [2.45, 2.75) is 0 Å². The number of aromatic nitrogens is 4. The highest BCUT2D eigenvalue weighted by molar-refractivity contribution is 6.21. The molecule has 12 rings (SSSR count). The molecule has 4 heterocycles. The van der Waals surface area contributed by atoms with Crippen LogP contribution in [-0.4, -0.2) is 19.5 Å². The van der Waals surface area contributed by atoms with Gasteiger partial charge in [-0.05, 0) is 59.7 Å². The maximum absolute atomic E-state index is 6.68. The van der Waals surface area contributed by atoms with Crippen molar-refractivity contribution in [2.75, 3.05) is 0 Å². The fourth-order valence-electron chi connectivity index (χ4n) is 8.50. The van der Waals surface area contributed by atoms with E-state index in [1.54, 1.807) is 0 Å². The van der Waals surface area contributed by atoms with Crippen LogP contribution in [0.1, 0.15) is 0 Å². The van der Waals surface area contributed by atoms with E-state index in [2.05, 4.69) is 120 Å². The quantitative estimate of drug-likeness (QED) is 0.176. The Balaban J connectivity index is 1.09. The van der Waals surface area contributed by atoms with Crippen molar-refractivity contribution < 1.29 is 8.83 Å². The minimum Gasteiger partial charge on any atom is -0.456 e. The summed E-state index contributed by atoms with van der Waals surface area (Å²) in [5.41, 5.74) is 11.2. The van der Waals surface area contributed by atoms with Gasteiger partial charge in [0.25, 0.3) is 0 Å². The van der Waals surface area contributed by atoms with Gasteiger partial charge in [-0.2, -0.15) is 0 Å². The van der Waals surface area contributed by atoms with Gasteiger partial charge < -0.3 is 13.4 Å². The molecule has 8 aromatic carbocycles. The molecule has 57 heavy (non-hydrogen) atoms. The second-order valence-electron chi connectivity index (χ2n) is 14.3. The number of fused-ring (bicyclic) bond motifs is 10. The lowest BCUT2D eigenvalue weighted by Gasteiger charge is -2.14. The maximum Gasteiger partial charge on any atom is 0.166 e. The van der Waals surface area contributed by atoms with Gasteiger partial charge in [0, 0.05) is 49.0 Å². The number of hydrogen-bond acceptors (Lipinski definition) is 5. The van der Waals surface area contributed by atoms with E-state index < -0.39 is 0 Å². The molecule has 266 valence electrons. The molecule has 12 aromatic rings. The SMILES string of the molecule is c1ccc(-c2nc(-c3ccc4c(c3)oc3cccc(-c5ccccc5)c34)nc(-c3ccccc3-n3c4ccccc4c4ccc5c6ccccc6oc5c43)n2)cc1. The summed E-state index contributed by atoms with van der Waals surface area (Å²) in [4.78, 5) is 15.5. The summed E-state index contributed by atoms with van der Waals surface area (Å²) in [5, 5.41) is 6.55. The smallest absolute Gasteiger partial charge is 0.166 e. The molecule has 6 heteroatoms. The Hall–Kier alpha value is -7.83. The van der Waals surface area contributed by atoms with Crippen LogP contribution in [0.3, 0.4) is 0 Å². The van der Waals surface area contributed by atoms with E-state index in [0.29, 0.717) is 17.5 Å². The van der Waals surface area contributed by atoms with E-state index in [0.717, 1.165) is 99.2 Å². The Morgan fingerprint density at radius 1 is 0.368 bits per heavy atom. The van der Waals surface area contributed by atoms with Crippen molar-refractivity contribution >= 4 is 65.7 Å². The molecule has 0 aliphatic heterocycles. The molecule has 0 aliphatic carbocycles. The Morgan fingerprint density at radius 3 is 1.86 bits per heavy atom. The number of nitrogens with zero attached hydrogens (tertiary/aromatic N) is 4. The summed E-state index contributed by atoms with van der Waals surface area (Å²) in [6.45, 7) is 0. The van der Waals surface area contributed by atoms with Gasteiger partial charge in [-0.1, -0.05) is 133 Å². The fourth-order valence-corrected chi connectivity index (χ4v) is 8.50. The van der Waals surface area contributed by atoms with Crippen molar-refractivity contribution in [1.82, 2.24) is 19.5 Å². The minimum absolute atomic E-state index is 0.557. The normalized spacial score (nSPS) is 11.9. The molecule has 0 atom stereocenters. The van der Waals surface area contributed by atoms with Gasteiger partial charge in [-0.3, -0.25) is 0 Å². The van der Waals surface area contributed by atoms with Crippen molar-refractivity contribution in [3.05, 3.63) is 182 Å². The van der Waals surface area contributed by atoms with Gasteiger partial charge in [0.05, 0.1) is 16.7 Å². The number of furan rings is 2. The number of rotatable bonds is 5. The molecule has 0 aliphatic rings. The van der Waals surface area contributed by atoms with Gasteiger partial charge in [0.1, 0.15) is 16.7 Å². The van der Waals surface area contributed by atoms with Crippen LogP contribution in [0.5, 0.6) is 0 Å². The molecule has 0 bridgehead atoms. The van der Waals surface area contributed by atoms with Gasteiger partial charge >= 0.3 is 0 Å². The van der Waals surface area contributed by atoms with Crippen LogP contribution in [0.2, 0.25) is 0 Å². The monoisotopic (exact) mass is 730 g/mol. The third-order valence-electron chi connectivity index (χ3n) is 11.1. The van der Waals surface area contributed by atoms with Gasteiger partial charge in [-0.15, -0.1) is 0 Å². The first-order valence-electron chi connectivity index (χ1n) is 19.0. The van der Waals surface area contributed by atoms with E-state index in [1.165, 1.54) is 0 Å². The third-order valence-corrected chi connectivity index (χ3v) is 11.1. The predicted octanol–water partition coefficient (Wildman–Crippen LogP) is 13.4. The van der Waals surface area contributed by atoms with Crippen molar-refractivity contribution in [3.8, 4) is 51.0 Å². The second kappa shape index (κ2) is 12.3. The predicted molar refractivity (Wildman–Crippen MR) is 230 cm³/mol. The molecule has 0 spiro atoms. The number of para-hydroxylation sites is 3. The average Bonchev–Trinajstić information content (AvgIpc) is 3.96. The maximum atomic E-state index is 6.68.